The molecule has 0 saturated heterocycles. The number of esters is 1. The molecule has 0 radical (unpaired) electrons. The summed E-state index contributed by atoms with van der Waals surface area (Å²) in [6, 6.07) is 7.10. The summed E-state index contributed by atoms with van der Waals surface area (Å²) in [7, 11) is 1.30. The molecule has 0 saturated carbocycles. The lowest BCUT2D eigenvalue weighted by atomic mass is 10.3. The van der Waals surface area contributed by atoms with Gasteiger partial charge in [0.05, 0.1) is 7.11 Å². The SMILES string of the molecule is COC(=O)c1sc(Nc2ccc(Cl)cc2)nc1Cl. The van der Waals surface area contributed by atoms with Crippen molar-refractivity contribution < 1.29 is 9.53 Å². The number of aromatic nitrogens is 1. The first kappa shape index (κ1) is 13.1. The molecule has 0 bridgehead atoms. The zero-order chi connectivity index (χ0) is 13.1. The smallest absolute Gasteiger partial charge is 0.351 e. The largest absolute Gasteiger partial charge is 0.465 e. The minimum Gasteiger partial charge on any atom is -0.465 e. The quantitative estimate of drug-likeness (QED) is 0.871. The summed E-state index contributed by atoms with van der Waals surface area (Å²) >= 11 is 12.8. The molecule has 1 heterocycles. The second-order valence-electron chi connectivity index (χ2n) is 3.26. The van der Waals surface area contributed by atoms with Crippen LogP contribution in [-0.4, -0.2) is 18.1 Å². The van der Waals surface area contributed by atoms with E-state index >= 15 is 0 Å². The van der Waals surface area contributed by atoms with E-state index in [1.54, 1.807) is 24.3 Å². The van der Waals surface area contributed by atoms with Crippen molar-refractivity contribution in [3.8, 4) is 0 Å². The van der Waals surface area contributed by atoms with Gasteiger partial charge < -0.3 is 10.1 Å². The highest BCUT2D eigenvalue weighted by molar-refractivity contribution is 7.18. The molecule has 94 valence electrons. The highest BCUT2D eigenvalue weighted by atomic mass is 35.5. The Morgan fingerprint density at radius 1 is 1.33 bits per heavy atom. The summed E-state index contributed by atoms with van der Waals surface area (Å²) in [5, 5.41) is 4.32. The van der Waals surface area contributed by atoms with Crippen molar-refractivity contribution in [3.05, 3.63) is 39.3 Å². The second-order valence-corrected chi connectivity index (χ2v) is 5.06. The van der Waals surface area contributed by atoms with E-state index in [0.717, 1.165) is 17.0 Å². The van der Waals surface area contributed by atoms with Crippen LogP contribution in [0.15, 0.2) is 24.3 Å². The number of thiazole rings is 1. The van der Waals surface area contributed by atoms with Crippen molar-refractivity contribution in [2.45, 2.75) is 0 Å². The minimum absolute atomic E-state index is 0.128. The number of nitrogens with zero attached hydrogens (tertiary/aromatic N) is 1. The number of halogens is 2. The molecule has 1 N–H and O–H groups in total. The maximum atomic E-state index is 11.4. The molecule has 0 atom stereocenters. The number of benzene rings is 1. The van der Waals surface area contributed by atoms with Crippen LogP contribution >= 0.6 is 34.5 Å². The number of ether oxygens (including phenoxy) is 1. The van der Waals surface area contributed by atoms with Crippen LogP contribution in [-0.2, 0) is 4.74 Å². The lowest BCUT2D eigenvalue weighted by molar-refractivity contribution is 0.0606. The number of methoxy groups -OCH3 is 1. The molecule has 0 aliphatic carbocycles. The van der Waals surface area contributed by atoms with E-state index in [9.17, 15) is 4.79 Å². The van der Waals surface area contributed by atoms with Gasteiger partial charge in [0.15, 0.2) is 15.2 Å². The first-order valence-electron chi connectivity index (χ1n) is 4.87. The standard InChI is InChI=1S/C11H8Cl2N2O2S/c1-17-10(16)8-9(13)15-11(18-8)14-7-4-2-6(12)3-5-7/h2-5H,1H3,(H,14,15). The van der Waals surface area contributed by atoms with E-state index < -0.39 is 5.97 Å². The summed E-state index contributed by atoms with van der Waals surface area (Å²) in [5.41, 5.74) is 0.807. The van der Waals surface area contributed by atoms with Gasteiger partial charge in [0.1, 0.15) is 0 Å². The van der Waals surface area contributed by atoms with E-state index in [4.69, 9.17) is 23.2 Å². The van der Waals surface area contributed by atoms with Crippen molar-refractivity contribution in [2.24, 2.45) is 0 Å². The number of anilines is 2. The fourth-order valence-corrected chi connectivity index (χ4v) is 2.48. The Morgan fingerprint density at radius 2 is 2.00 bits per heavy atom. The predicted molar refractivity (Wildman–Crippen MR) is 73.2 cm³/mol. The summed E-state index contributed by atoms with van der Waals surface area (Å²) in [5.74, 6) is -0.498. The maximum Gasteiger partial charge on any atom is 0.351 e. The summed E-state index contributed by atoms with van der Waals surface area (Å²) in [6.45, 7) is 0. The molecule has 18 heavy (non-hydrogen) atoms. The van der Waals surface area contributed by atoms with Crippen LogP contribution in [0.3, 0.4) is 0 Å². The summed E-state index contributed by atoms with van der Waals surface area (Å²) in [4.78, 5) is 15.7. The highest BCUT2D eigenvalue weighted by Gasteiger charge is 2.17. The predicted octanol–water partition coefficient (Wildman–Crippen LogP) is 3.98. The van der Waals surface area contributed by atoms with E-state index in [2.05, 4.69) is 15.0 Å². The van der Waals surface area contributed by atoms with Crippen molar-refractivity contribution in [1.29, 1.82) is 0 Å². The lowest BCUT2D eigenvalue weighted by Gasteiger charge is -2.01. The Hall–Kier alpha value is -1.30. The van der Waals surface area contributed by atoms with E-state index in [1.165, 1.54) is 7.11 Å². The highest BCUT2D eigenvalue weighted by Crippen LogP contribution is 2.29. The molecule has 1 aromatic carbocycles. The fourth-order valence-electron chi connectivity index (χ4n) is 1.23. The molecule has 1 aromatic heterocycles. The van der Waals surface area contributed by atoms with Crippen molar-refractivity contribution in [3.63, 3.8) is 0 Å². The van der Waals surface area contributed by atoms with Crippen molar-refractivity contribution in [1.82, 2.24) is 4.98 Å². The molecule has 4 nitrogen and oxygen atoms in total. The number of rotatable bonds is 3. The van der Waals surface area contributed by atoms with E-state index in [0.29, 0.717) is 10.2 Å². The second kappa shape index (κ2) is 5.56. The third-order valence-electron chi connectivity index (χ3n) is 2.05. The van der Waals surface area contributed by atoms with Crippen LogP contribution < -0.4 is 5.32 Å². The van der Waals surface area contributed by atoms with Gasteiger partial charge >= 0.3 is 5.97 Å². The van der Waals surface area contributed by atoms with Crippen molar-refractivity contribution >= 4 is 51.3 Å². The monoisotopic (exact) mass is 302 g/mol. The van der Waals surface area contributed by atoms with Crippen LogP contribution in [0.25, 0.3) is 0 Å². The maximum absolute atomic E-state index is 11.4. The number of hydrogen-bond acceptors (Lipinski definition) is 5. The molecule has 0 spiro atoms. The minimum atomic E-state index is -0.498. The Labute approximate surface area is 118 Å². The van der Waals surface area contributed by atoms with Gasteiger partial charge in [-0.05, 0) is 24.3 Å². The molecule has 2 aromatic rings. The van der Waals surface area contributed by atoms with Gasteiger partial charge in [0, 0.05) is 10.7 Å². The average Bonchev–Trinajstić information content (AvgIpc) is 2.72. The van der Waals surface area contributed by atoms with Gasteiger partial charge in [-0.3, -0.25) is 0 Å². The van der Waals surface area contributed by atoms with Gasteiger partial charge in [-0.25, -0.2) is 9.78 Å². The van der Waals surface area contributed by atoms with Crippen LogP contribution in [0.4, 0.5) is 10.8 Å². The van der Waals surface area contributed by atoms with Gasteiger partial charge in [0.2, 0.25) is 0 Å². The third-order valence-corrected chi connectivity index (χ3v) is 3.64. The molecule has 0 aliphatic heterocycles. The molecular weight excluding hydrogens is 295 g/mol. The van der Waals surface area contributed by atoms with E-state index in [1.807, 2.05) is 0 Å². The molecule has 0 aliphatic rings. The Balaban J connectivity index is 2.20. The number of carbonyl (C=O) groups excluding carboxylic acids is 1. The molecule has 0 unspecified atom stereocenters. The van der Waals surface area contributed by atoms with Gasteiger partial charge in [-0.1, -0.05) is 34.5 Å². The Bertz CT molecular complexity index is 569. The van der Waals surface area contributed by atoms with Gasteiger partial charge in [-0.2, -0.15) is 0 Å². The molecule has 2 rings (SSSR count). The van der Waals surface area contributed by atoms with Gasteiger partial charge in [-0.15, -0.1) is 0 Å². The van der Waals surface area contributed by atoms with Crippen LogP contribution in [0.5, 0.6) is 0 Å². The van der Waals surface area contributed by atoms with Gasteiger partial charge in [0.25, 0.3) is 0 Å². The third kappa shape index (κ3) is 2.93. The van der Waals surface area contributed by atoms with Crippen LogP contribution in [0.2, 0.25) is 10.2 Å². The summed E-state index contributed by atoms with van der Waals surface area (Å²) in [6.07, 6.45) is 0. The Kier molecular flexibility index (Phi) is 4.06. The molecule has 0 amide bonds. The molecular formula is C11H8Cl2N2O2S. The first-order chi connectivity index (χ1) is 8.60. The fraction of sp³-hybridized carbons (Fsp3) is 0.0909. The first-order valence-corrected chi connectivity index (χ1v) is 6.44. The van der Waals surface area contributed by atoms with Crippen LogP contribution in [0, 0.1) is 0 Å². The zero-order valence-corrected chi connectivity index (χ0v) is 11.6. The number of nitrogens with one attached hydrogen (secondary N) is 1. The molecule has 0 fully saturated rings. The zero-order valence-electron chi connectivity index (χ0n) is 9.24. The molecule has 7 heteroatoms. The topological polar surface area (TPSA) is 51.2 Å². The Morgan fingerprint density at radius 3 is 2.61 bits per heavy atom. The van der Waals surface area contributed by atoms with Crippen molar-refractivity contribution in [2.75, 3.05) is 12.4 Å². The summed E-state index contributed by atoms with van der Waals surface area (Å²) < 4.78 is 4.60. The average molecular weight is 303 g/mol. The van der Waals surface area contributed by atoms with E-state index in [-0.39, 0.29) is 10.0 Å². The number of hydrogen-bond donors (Lipinski definition) is 1. The normalized spacial score (nSPS) is 10.2. The van der Waals surface area contributed by atoms with Crippen LogP contribution in [0.1, 0.15) is 9.67 Å². The number of carbonyl (C=O) groups is 1. The lowest BCUT2D eigenvalue weighted by Crippen LogP contribution is -1.98.